The second kappa shape index (κ2) is 9.38. The lowest BCUT2D eigenvalue weighted by atomic mass is 10.1. The number of Topliss-reactive ketones (excluding diaryl/α,β-unsaturated/α-hetero) is 1. The molecule has 0 aliphatic carbocycles. The van der Waals surface area contributed by atoms with Gasteiger partial charge in [0.2, 0.25) is 5.91 Å². The molecule has 0 saturated carbocycles. The summed E-state index contributed by atoms with van der Waals surface area (Å²) >= 11 is 1.17. The zero-order chi connectivity index (χ0) is 20.8. The number of aromatic nitrogens is 2. The van der Waals surface area contributed by atoms with Crippen LogP contribution < -0.4 is 10.1 Å². The predicted octanol–water partition coefficient (Wildman–Crippen LogP) is 4.31. The Hall–Kier alpha value is -3.13. The van der Waals surface area contributed by atoms with Crippen molar-refractivity contribution >= 4 is 29.1 Å². The molecule has 0 atom stereocenters. The molecule has 3 rings (SSSR count). The van der Waals surface area contributed by atoms with Crippen LogP contribution in [0.25, 0.3) is 11.5 Å². The Morgan fingerprint density at radius 2 is 1.83 bits per heavy atom. The van der Waals surface area contributed by atoms with Gasteiger partial charge in [0.15, 0.2) is 5.78 Å². The van der Waals surface area contributed by atoms with E-state index in [0.29, 0.717) is 33.7 Å². The molecule has 0 saturated heterocycles. The van der Waals surface area contributed by atoms with Gasteiger partial charge < -0.3 is 14.5 Å². The first kappa shape index (κ1) is 20.6. The maximum atomic E-state index is 12.4. The summed E-state index contributed by atoms with van der Waals surface area (Å²) in [7, 11) is 1.57. The van der Waals surface area contributed by atoms with Gasteiger partial charge in [0.05, 0.1) is 18.4 Å². The number of nitrogens with zero attached hydrogens (tertiary/aromatic N) is 2. The number of rotatable bonds is 8. The third-order valence-corrected chi connectivity index (χ3v) is 4.89. The molecule has 1 aromatic heterocycles. The summed E-state index contributed by atoms with van der Waals surface area (Å²) in [5.41, 5.74) is 1.90. The number of thioether (sulfide) groups is 1. The lowest BCUT2D eigenvalue weighted by molar-refractivity contribution is -0.118. The number of carbonyl (C=O) groups is 2. The van der Waals surface area contributed by atoms with E-state index >= 15 is 0 Å². The van der Waals surface area contributed by atoms with Crippen molar-refractivity contribution < 1.29 is 18.7 Å². The van der Waals surface area contributed by atoms with E-state index in [9.17, 15) is 9.59 Å². The number of nitrogens with one attached hydrogen (secondary N) is 1. The highest BCUT2D eigenvalue weighted by Gasteiger charge is 2.15. The summed E-state index contributed by atoms with van der Waals surface area (Å²) in [6.07, 6.45) is 0. The second-order valence-electron chi connectivity index (χ2n) is 6.51. The van der Waals surface area contributed by atoms with Gasteiger partial charge in [-0.2, -0.15) is 0 Å². The van der Waals surface area contributed by atoms with Crippen molar-refractivity contribution in [2.45, 2.75) is 19.1 Å². The fourth-order valence-corrected chi connectivity index (χ4v) is 3.09. The lowest BCUT2D eigenvalue weighted by Crippen LogP contribution is -2.17. The van der Waals surface area contributed by atoms with Crippen LogP contribution in [0.3, 0.4) is 0 Å². The molecule has 0 bridgehead atoms. The van der Waals surface area contributed by atoms with Crippen molar-refractivity contribution in [1.29, 1.82) is 0 Å². The summed E-state index contributed by atoms with van der Waals surface area (Å²) in [6.45, 7) is 3.64. The van der Waals surface area contributed by atoms with E-state index in [1.807, 2.05) is 38.1 Å². The van der Waals surface area contributed by atoms with E-state index in [1.54, 1.807) is 31.4 Å². The predicted molar refractivity (Wildman–Crippen MR) is 111 cm³/mol. The number of amides is 1. The van der Waals surface area contributed by atoms with Gasteiger partial charge in [-0.3, -0.25) is 9.59 Å². The van der Waals surface area contributed by atoms with Gasteiger partial charge in [0, 0.05) is 17.2 Å². The lowest BCUT2D eigenvalue weighted by Gasteiger charge is -2.08. The highest BCUT2D eigenvalue weighted by Crippen LogP contribution is 2.30. The molecular formula is C21H21N3O4S. The van der Waals surface area contributed by atoms with Crippen molar-refractivity contribution in [3.8, 4) is 17.2 Å². The van der Waals surface area contributed by atoms with E-state index in [2.05, 4.69) is 15.5 Å². The molecule has 3 aromatic rings. The van der Waals surface area contributed by atoms with Crippen molar-refractivity contribution in [1.82, 2.24) is 10.2 Å². The zero-order valence-electron chi connectivity index (χ0n) is 16.3. The Kier molecular flexibility index (Phi) is 6.66. The van der Waals surface area contributed by atoms with Gasteiger partial charge in [-0.25, -0.2) is 0 Å². The molecule has 0 unspecified atom stereocenters. The Labute approximate surface area is 172 Å². The maximum absolute atomic E-state index is 12.4. The molecule has 29 heavy (non-hydrogen) atoms. The number of ketones is 1. The van der Waals surface area contributed by atoms with Crippen molar-refractivity contribution in [3.63, 3.8) is 0 Å². The van der Waals surface area contributed by atoms with Crippen LogP contribution in [-0.4, -0.2) is 34.8 Å². The molecule has 1 amide bonds. The van der Waals surface area contributed by atoms with E-state index in [0.717, 1.165) is 0 Å². The normalized spacial score (nSPS) is 10.8. The molecule has 0 aliphatic heterocycles. The average molecular weight is 411 g/mol. The average Bonchev–Trinajstić information content (AvgIpc) is 3.21. The van der Waals surface area contributed by atoms with Gasteiger partial charge in [-0.15, -0.1) is 10.2 Å². The van der Waals surface area contributed by atoms with E-state index in [-0.39, 0.29) is 23.4 Å². The molecule has 0 spiro atoms. The number of ether oxygens (including phenoxy) is 1. The third-order valence-electron chi connectivity index (χ3n) is 4.07. The molecule has 7 nitrogen and oxygen atoms in total. The molecule has 0 fully saturated rings. The van der Waals surface area contributed by atoms with Crippen LogP contribution in [0.1, 0.15) is 24.2 Å². The summed E-state index contributed by atoms with van der Waals surface area (Å²) in [5.74, 6) is 0.875. The zero-order valence-corrected chi connectivity index (χ0v) is 17.2. The summed E-state index contributed by atoms with van der Waals surface area (Å²) in [4.78, 5) is 24.1. The maximum Gasteiger partial charge on any atom is 0.277 e. The summed E-state index contributed by atoms with van der Waals surface area (Å²) < 4.78 is 10.9. The molecule has 1 heterocycles. The number of hydrogen-bond acceptors (Lipinski definition) is 7. The van der Waals surface area contributed by atoms with Crippen molar-refractivity contribution in [2.24, 2.45) is 5.92 Å². The molecule has 2 aromatic carbocycles. The topological polar surface area (TPSA) is 94.3 Å². The first-order chi connectivity index (χ1) is 14.0. The molecule has 1 N–H and O–H groups in total. The van der Waals surface area contributed by atoms with E-state index < -0.39 is 0 Å². The van der Waals surface area contributed by atoms with Gasteiger partial charge in [-0.05, 0) is 36.4 Å². The van der Waals surface area contributed by atoms with Crippen LogP contribution in [0, 0.1) is 5.92 Å². The largest absolute Gasteiger partial charge is 0.496 e. The second-order valence-corrected chi connectivity index (χ2v) is 7.43. The monoisotopic (exact) mass is 411 g/mol. The smallest absolute Gasteiger partial charge is 0.277 e. The van der Waals surface area contributed by atoms with E-state index in [4.69, 9.17) is 9.15 Å². The minimum Gasteiger partial charge on any atom is -0.496 e. The first-order valence-electron chi connectivity index (χ1n) is 9.01. The molecule has 8 heteroatoms. The standard InChI is InChI=1S/C21H21N3O4S/c1-13(2)19(26)22-15-10-8-14(9-11-15)17(25)12-29-21-24-23-20(28-21)16-6-4-5-7-18(16)27-3/h4-11,13H,12H2,1-3H3,(H,22,26). The first-order valence-corrected chi connectivity index (χ1v) is 10.0. The minimum absolute atomic E-state index is 0.0677. The number of hydrogen-bond donors (Lipinski definition) is 1. The molecule has 150 valence electrons. The number of benzene rings is 2. The molecular weight excluding hydrogens is 390 g/mol. The number of carbonyl (C=O) groups excluding carboxylic acids is 2. The van der Waals surface area contributed by atoms with Crippen LogP contribution in [0.2, 0.25) is 0 Å². The van der Waals surface area contributed by atoms with Gasteiger partial charge >= 0.3 is 0 Å². The Bertz CT molecular complexity index is 999. The van der Waals surface area contributed by atoms with Crippen LogP contribution in [0.5, 0.6) is 5.75 Å². The Morgan fingerprint density at radius 3 is 2.52 bits per heavy atom. The highest BCUT2D eigenvalue weighted by atomic mass is 32.2. The molecule has 0 aliphatic rings. The summed E-state index contributed by atoms with van der Waals surface area (Å²) in [5, 5.41) is 11.1. The quantitative estimate of drug-likeness (QED) is 0.436. The number of anilines is 1. The Balaban J connectivity index is 1.60. The fourth-order valence-electron chi connectivity index (χ4n) is 2.43. The van der Waals surface area contributed by atoms with Gasteiger partial charge in [0.1, 0.15) is 5.75 Å². The van der Waals surface area contributed by atoms with Gasteiger partial charge in [-0.1, -0.05) is 37.7 Å². The summed E-state index contributed by atoms with van der Waals surface area (Å²) in [6, 6.07) is 14.1. The van der Waals surface area contributed by atoms with Crippen LogP contribution in [0.4, 0.5) is 5.69 Å². The minimum atomic E-state index is -0.108. The van der Waals surface area contributed by atoms with Crippen molar-refractivity contribution in [3.05, 3.63) is 54.1 Å². The Morgan fingerprint density at radius 1 is 1.10 bits per heavy atom. The van der Waals surface area contributed by atoms with Crippen molar-refractivity contribution in [2.75, 3.05) is 18.2 Å². The number of para-hydroxylation sites is 1. The van der Waals surface area contributed by atoms with Crippen LogP contribution in [-0.2, 0) is 4.79 Å². The fraction of sp³-hybridized carbons (Fsp3) is 0.238. The highest BCUT2D eigenvalue weighted by molar-refractivity contribution is 7.99. The van der Waals surface area contributed by atoms with Crippen LogP contribution in [0.15, 0.2) is 58.2 Å². The van der Waals surface area contributed by atoms with Crippen LogP contribution >= 0.6 is 11.8 Å². The SMILES string of the molecule is COc1ccccc1-c1nnc(SCC(=O)c2ccc(NC(=O)C(C)C)cc2)o1. The third kappa shape index (κ3) is 5.23. The van der Waals surface area contributed by atoms with E-state index in [1.165, 1.54) is 11.8 Å². The molecule has 0 radical (unpaired) electrons. The van der Waals surface area contributed by atoms with Gasteiger partial charge in [0.25, 0.3) is 11.1 Å². The number of methoxy groups -OCH3 is 1.